The number of sulfonamides is 1. The summed E-state index contributed by atoms with van der Waals surface area (Å²) in [5, 5.41) is 3.13. The third-order valence-electron chi connectivity index (χ3n) is 6.12. The standard InChI is InChI=1S/C23H26N2O4S/c1-2-25-23(27)19-13-12-18(15-21(19)30(25,28)29)22(26)24-20-11-7-6-10-17(20)14-16-8-4-3-5-9-16/h3-5,8-9,12-13,15,17,20H,2,6-7,10-11,14H2,1H3,(H,24,26). The summed E-state index contributed by atoms with van der Waals surface area (Å²) in [5.41, 5.74) is 1.66. The number of nitrogens with one attached hydrogen (secondary N) is 1. The summed E-state index contributed by atoms with van der Waals surface area (Å²) < 4.78 is 26.1. The molecule has 158 valence electrons. The molecule has 1 aliphatic heterocycles. The molecular weight excluding hydrogens is 400 g/mol. The van der Waals surface area contributed by atoms with E-state index in [4.69, 9.17) is 0 Å². The fraction of sp³-hybridized carbons (Fsp3) is 0.391. The first-order chi connectivity index (χ1) is 14.4. The van der Waals surface area contributed by atoms with Gasteiger partial charge in [0.1, 0.15) is 4.90 Å². The SMILES string of the molecule is CCN1C(=O)c2ccc(C(=O)NC3CCCCC3Cc3ccccc3)cc2S1(=O)=O. The Morgan fingerprint density at radius 2 is 1.83 bits per heavy atom. The highest BCUT2D eigenvalue weighted by molar-refractivity contribution is 7.90. The molecule has 0 aromatic heterocycles. The normalized spacial score (nSPS) is 22.6. The Kier molecular flexibility index (Phi) is 5.64. The highest BCUT2D eigenvalue weighted by Crippen LogP contribution is 2.31. The minimum absolute atomic E-state index is 0.0464. The van der Waals surface area contributed by atoms with Gasteiger partial charge in [-0.05, 0) is 55.9 Å². The molecule has 1 aliphatic carbocycles. The van der Waals surface area contributed by atoms with Crippen molar-refractivity contribution in [1.82, 2.24) is 9.62 Å². The number of hydrogen-bond donors (Lipinski definition) is 1. The molecule has 2 amide bonds. The molecule has 1 saturated carbocycles. The zero-order valence-electron chi connectivity index (χ0n) is 17.0. The van der Waals surface area contributed by atoms with Crippen LogP contribution >= 0.6 is 0 Å². The Labute approximate surface area is 177 Å². The van der Waals surface area contributed by atoms with Gasteiger partial charge in [-0.25, -0.2) is 12.7 Å². The van der Waals surface area contributed by atoms with Crippen LogP contribution in [0.3, 0.4) is 0 Å². The lowest BCUT2D eigenvalue weighted by Gasteiger charge is -2.32. The maximum atomic E-state index is 12.9. The van der Waals surface area contributed by atoms with Crippen molar-refractivity contribution in [3.8, 4) is 0 Å². The summed E-state index contributed by atoms with van der Waals surface area (Å²) >= 11 is 0. The molecule has 0 saturated heterocycles. The van der Waals surface area contributed by atoms with Gasteiger partial charge in [-0.1, -0.05) is 43.2 Å². The van der Waals surface area contributed by atoms with Gasteiger partial charge in [0.2, 0.25) is 0 Å². The Morgan fingerprint density at radius 3 is 2.57 bits per heavy atom. The average molecular weight is 427 g/mol. The van der Waals surface area contributed by atoms with Crippen LogP contribution in [-0.2, 0) is 16.4 Å². The van der Waals surface area contributed by atoms with E-state index < -0.39 is 15.9 Å². The Morgan fingerprint density at radius 1 is 1.10 bits per heavy atom. The van der Waals surface area contributed by atoms with E-state index >= 15 is 0 Å². The van der Waals surface area contributed by atoms with E-state index in [9.17, 15) is 18.0 Å². The molecule has 2 aliphatic rings. The van der Waals surface area contributed by atoms with Gasteiger partial charge in [-0.15, -0.1) is 0 Å². The summed E-state index contributed by atoms with van der Waals surface area (Å²) in [6, 6.07) is 14.6. The van der Waals surface area contributed by atoms with Gasteiger partial charge in [-0.3, -0.25) is 9.59 Å². The second-order valence-corrected chi connectivity index (χ2v) is 9.83. The third kappa shape index (κ3) is 3.74. The maximum absolute atomic E-state index is 12.9. The van der Waals surface area contributed by atoms with Crippen molar-refractivity contribution in [2.24, 2.45) is 5.92 Å². The van der Waals surface area contributed by atoms with Crippen molar-refractivity contribution in [3.63, 3.8) is 0 Å². The molecule has 0 radical (unpaired) electrons. The second kappa shape index (κ2) is 8.22. The van der Waals surface area contributed by atoms with E-state index in [-0.39, 0.29) is 34.5 Å². The number of benzene rings is 2. The lowest BCUT2D eigenvalue weighted by molar-refractivity contribution is 0.0871. The van der Waals surface area contributed by atoms with Crippen LogP contribution in [0, 0.1) is 5.92 Å². The Bertz CT molecular complexity index is 1070. The van der Waals surface area contributed by atoms with Gasteiger partial charge in [-0.2, -0.15) is 0 Å². The monoisotopic (exact) mass is 426 g/mol. The van der Waals surface area contributed by atoms with Crippen LogP contribution in [0.5, 0.6) is 0 Å². The Hall–Kier alpha value is -2.67. The van der Waals surface area contributed by atoms with E-state index in [0.29, 0.717) is 5.92 Å². The van der Waals surface area contributed by atoms with Crippen LogP contribution in [0.1, 0.15) is 58.9 Å². The molecule has 2 aromatic carbocycles. The van der Waals surface area contributed by atoms with E-state index in [1.807, 2.05) is 18.2 Å². The first-order valence-electron chi connectivity index (χ1n) is 10.5. The summed E-state index contributed by atoms with van der Waals surface area (Å²) in [6.45, 7) is 1.69. The number of hydrogen-bond acceptors (Lipinski definition) is 4. The molecule has 1 fully saturated rings. The molecule has 1 heterocycles. The van der Waals surface area contributed by atoms with E-state index in [2.05, 4.69) is 17.4 Å². The van der Waals surface area contributed by atoms with E-state index in [1.165, 1.54) is 23.8 Å². The zero-order valence-corrected chi connectivity index (χ0v) is 17.8. The zero-order chi connectivity index (χ0) is 21.3. The largest absolute Gasteiger partial charge is 0.349 e. The molecule has 2 atom stereocenters. The second-order valence-electron chi connectivity index (χ2n) is 8.00. The average Bonchev–Trinajstić information content (AvgIpc) is 2.94. The first kappa shape index (κ1) is 20.6. The lowest BCUT2D eigenvalue weighted by atomic mass is 9.80. The summed E-state index contributed by atoms with van der Waals surface area (Å²) in [4.78, 5) is 25.2. The van der Waals surface area contributed by atoms with Crippen molar-refractivity contribution < 1.29 is 18.0 Å². The van der Waals surface area contributed by atoms with Crippen LogP contribution in [0.25, 0.3) is 0 Å². The van der Waals surface area contributed by atoms with Gasteiger partial charge in [0.05, 0.1) is 5.56 Å². The maximum Gasteiger partial charge on any atom is 0.268 e. The van der Waals surface area contributed by atoms with Crippen LogP contribution < -0.4 is 5.32 Å². The highest BCUT2D eigenvalue weighted by Gasteiger charge is 2.40. The summed E-state index contributed by atoms with van der Waals surface area (Å²) in [6.07, 6.45) is 5.09. The quantitative estimate of drug-likeness (QED) is 0.794. The predicted molar refractivity (Wildman–Crippen MR) is 114 cm³/mol. The predicted octanol–water partition coefficient (Wildman–Crippen LogP) is 3.38. The van der Waals surface area contributed by atoms with Gasteiger partial charge in [0, 0.05) is 18.2 Å². The smallest absolute Gasteiger partial charge is 0.268 e. The van der Waals surface area contributed by atoms with Crippen molar-refractivity contribution in [2.75, 3.05) is 6.54 Å². The molecular formula is C23H26N2O4S. The van der Waals surface area contributed by atoms with Crippen LogP contribution in [0.15, 0.2) is 53.4 Å². The van der Waals surface area contributed by atoms with Crippen LogP contribution in [-0.4, -0.2) is 37.1 Å². The number of amides is 2. The molecule has 6 nitrogen and oxygen atoms in total. The van der Waals surface area contributed by atoms with Gasteiger partial charge >= 0.3 is 0 Å². The fourth-order valence-corrected chi connectivity index (χ4v) is 6.14. The van der Waals surface area contributed by atoms with Gasteiger partial charge < -0.3 is 5.32 Å². The van der Waals surface area contributed by atoms with E-state index in [0.717, 1.165) is 36.4 Å². The summed E-state index contributed by atoms with van der Waals surface area (Å²) in [5.74, 6) is -0.476. The Balaban J connectivity index is 1.53. The van der Waals surface area contributed by atoms with E-state index in [1.54, 1.807) is 6.92 Å². The third-order valence-corrected chi connectivity index (χ3v) is 8.02. The van der Waals surface area contributed by atoms with Crippen molar-refractivity contribution in [2.45, 2.75) is 50.0 Å². The van der Waals surface area contributed by atoms with Crippen LogP contribution in [0.2, 0.25) is 0 Å². The number of fused-ring (bicyclic) bond motifs is 1. The van der Waals surface area contributed by atoms with Gasteiger partial charge in [0.25, 0.3) is 21.8 Å². The number of rotatable bonds is 5. The molecule has 0 bridgehead atoms. The minimum Gasteiger partial charge on any atom is -0.349 e. The fourth-order valence-electron chi connectivity index (χ4n) is 4.54. The minimum atomic E-state index is -3.88. The molecule has 1 N–H and O–H groups in total. The number of nitrogens with zero attached hydrogens (tertiary/aromatic N) is 1. The molecule has 7 heteroatoms. The number of carbonyl (C=O) groups excluding carboxylic acids is 2. The molecule has 2 unspecified atom stereocenters. The highest BCUT2D eigenvalue weighted by atomic mass is 32.2. The number of carbonyl (C=O) groups is 2. The lowest BCUT2D eigenvalue weighted by Crippen LogP contribution is -2.43. The molecule has 0 spiro atoms. The summed E-state index contributed by atoms with van der Waals surface area (Å²) in [7, 11) is -3.88. The van der Waals surface area contributed by atoms with Crippen molar-refractivity contribution in [3.05, 3.63) is 65.2 Å². The topological polar surface area (TPSA) is 83.6 Å². The van der Waals surface area contributed by atoms with Crippen LogP contribution in [0.4, 0.5) is 0 Å². The molecule has 4 rings (SSSR count). The molecule has 30 heavy (non-hydrogen) atoms. The van der Waals surface area contributed by atoms with Crippen molar-refractivity contribution in [1.29, 1.82) is 0 Å². The van der Waals surface area contributed by atoms with Crippen molar-refractivity contribution >= 4 is 21.8 Å². The first-order valence-corrected chi connectivity index (χ1v) is 11.9. The van der Waals surface area contributed by atoms with Gasteiger partial charge in [0.15, 0.2) is 0 Å². The molecule has 2 aromatic rings.